The third kappa shape index (κ3) is 3.82. The Labute approximate surface area is 187 Å². The predicted octanol–water partition coefficient (Wildman–Crippen LogP) is 1.65. The highest BCUT2D eigenvalue weighted by atomic mass is 32.2. The summed E-state index contributed by atoms with van der Waals surface area (Å²) in [7, 11) is -3.40. The van der Waals surface area contributed by atoms with E-state index < -0.39 is 21.7 Å². The van der Waals surface area contributed by atoms with Crippen LogP contribution in [-0.4, -0.2) is 54.0 Å². The molecule has 10 heteroatoms. The number of rotatable bonds is 4. The standard InChI is InChI=1S/C22H29FN4O4S/c23-19-11-20-12(8-21(28)26-20)7-18(19)22(29)25-14-9-15-3-4-16(10-14)27(15)32(30,31)17-5-1-13(24)2-6-17/h7,11,13-17H,1-6,8-10,24H2,(H,25,29)(H,26,28)/t13-,14-,15+,16-,17-. The first-order valence-corrected chi connectivity index (χ1v) is 12.9. The van der Waals surface area contributed by atoms with Crippen LogP contribution < -0.4 is 16.4 Å². The molecule has 5 rings (SSSR count). The average Bonchev–Trinajstić information content (AvgIpc) is 3.23. The van der Waals surface area contributed by atoms with Gasteiger partial charge in [-0.2, -0.15) is 4.31 Å². The first-order chi connectivity index (χ1) is 15.2. The minimum atomic E-state index is -3.40. The molecular formula is C22H29FN4O4S. The van der Waals surface area contributed by atoms with Crippen molar-refractivity contribution >= 4 is 27.5 Å². The van der Waals surface area contributed by atoms with Gasteiger partial charge < -0.3 is 16.4 Å². The van der Waals surface area contributed by atoms with Gasteiger partial charge in [-0.15, -0.1) is 0 Å². The van der Waals surface area contributed by atoms with Crippen molar-refractivity contribution in [1.82, 2.24) is 9.62 Å². The van der Waals surface area contributed by atoms with Crippen LogP contribution >= 0.6 is 0 Å². The molecule has 3 aliphatic heterocycles. The molecule has 1 saturated carbocycles. The number of benzene rings is 1. The van der Waals surface area contributed by atoms with Gasteiger partial charge in [0.1, 0.15) is 5.82 Å². The summed E-state index contributed by atoms with van der Waals surface area (Å²) < 4.78 is 42.9. The Kier molecular flexibility index (Phi) is 5.50. The summed E-state index contributed by atoms with van der Waals surface area (Å²) in [6.07, 6.45) is 5.43. The molecule has 2 saturated heterocycles. The van der Waals surface area contributed by atoms with Crippen LogP contribution in [0.15, 0.2) is 12.1 Å². The van der Waals surface area contributed by atoms with Crippen molar-refractivity contribution in [2.45, 2.75) is 87.2 Å². The maximum absolute atomic E-state index is 14.5. The lowest BCUT2D eigenvalue weighted by atomic mass is 9.96. The molecule has 0 aromatic heterocycles. The third-order valence-electron chi connectivity index (χ3n) is 7.50. The van der Waals surface area contributed by atoms with Crippen LogP contribution in [0.25, 0.3) is 0 Å². The molecular weight excluding hydrogens is 435 g/mol. The molecule has 1 aliphatic carbocycles. The molecule has 0 spiro atoms. The van der Waals surface area contributed by atoms with E-state index in [1.807, 2.05) is 0 Å². The first-order valence-electron chi connectivity index (χ1n) is 11.4. The Morgan fingerprint density at radius 1 is 1.09 bits per heavy atom. The summed E-state index contributed by atoms with van der Waals surface area (Å²) in [6.45, 7) is 0. The fourth-order valence-corrected chi connectivity index (χ4v) is 8.34. The molecule has 174 valence electrons. The summed E-state index contributed by atoms with van der Waals surface area (Å²) in [5, 5.41) is 5.12. The molecule has 32 heavy (non-hydrogen) atoms. The normalized spacial score (nSPS) is 32.4. The summed E-state index contributed by atoms with van der Waals surface area (Å²) in [4.78, 5) is 24.3. The number of halogens is 1. The molecule has 3 fully saturated rings. The SMILES string of the molecule is N[C@H]1CC[C@H](S(=O)(=O)N2[C@@H]3CC[C@H]2C[C@@H](NC(=O)c2cc4c(cc2F)NC(=O)C4)C3)CC1. The lowest BCUT2D eigenvalue weighted by Crippen LogP contribution is -2.55. The highest BCUT2D eigenvalue weighted by molar-refractivity contribution is 7.89. The van der Waals surface area contributed by atoms with E-state index in [1.54, 1.807) is 4.31 Å². The maximum Gasteiger partial charge on any atom is 0.254 e. The Hall–Kier alpha value is -2.04. The quantitative estimate of drug-likeness (QED) is 0.626. The van der Waals surface area contributed by atoms with Crippen molar-refractivity contribution in [2.24, 2.45) is 5.73 Å². The topological polar surface area (TPSA) is 122 Å². The maximum atomic E-state index is 14.5. The van der Waals surface area contributed by atoms with Crippen molar-refractivity contribution in [3.05, 3.63) is 29.1 Å². The van der Waals surface area contributed by atoms with Crippen molar-refractivity contribution in [1.29, 1.82) is 0 Å². The zero-order chi connectivity index (χ0) is 22.6. The number of nitrogens with two attached hydrogens (primary N) is 1. The highest BCUT2D eigenvalue weighted by Gasteiger charge is 2.49. The van der Waals surface area contributed by atoms with Crippen LogP contribution in [0.4, 0.5) is 10.1 Å². The van der Waals surface area contributed by atoms with Gasteiger partial charge in [0, 0.05) is 29.9 Å². The number of amides is 2. The molecule has 1 aromatic carbocycles. The van der Waals surface area contributed by atoms with Gasteiger partial charge in [-0.05, 0) is 69.1 Å². The van der Waals surface area contributed by atoms with Crippen molar-refractivity contribution in [3.63, 3.8) is 0 Å². The van der Waals surface area contributed by atoms with Gasteiger partial charge in [0.2, 0.25) is 15.9 Å². The number of nitrogens with zero attached hydrogens (tertiary/aromatic N) is 1. The number of nitrogens with one attached hydrogen (secondary N) is 2. The lowest BCUT2D eigenvalue weighted by Gasteiger charge is -2.41. The van der Waals surface area contributed by atoms with E-state index in [4.69, 9.17) is 5.73 Å². The van der Waals surface area contributed by atoms with Crippen LogP contribution in [0.2, 0.25) is 0 Å². The number of piperidine rings is 1. The van der Waals surface area contributed by atoms with Gasteiger partial charge >= 0.3 is 0 Å². The van der Waals surface area contributed by atoms with Crippen molar-refractivity contribution < 1.29 is 22.4 Å². The minimum absolute atomic E-state index is 0.0822. The number of hydrogen-bond donors (Lipinski definition) is 3. The lowest BCUT2D eigenvalue weighted by molar-refractivity contribution is -0.115. The number of sulfonamides is 1. The zero-order valence-electron chi connectivity index (χ0n) is 17.8. The number of anilines is 1. The van der Waals surface area contributed by atoms with Gasteiger partial charge in [-0.3, -0.25) is 9.59 Å². The first kappa shape index (κ1) is 21.8. The largest absolute Gasteiger partial charge is 0.349 e. The number of fused-ring (bicyclic) bond motifs is 3. The molecule has 3 atom stereocenters. The molecule has 1 aromatic rings. The number of carbonyl (C=O) groups is 2. The molecule has 0 radical (unpaired) electrons. The van der Waals surface area contributed by atoms with E-state index in [-0.39, 0.29) is 47.3 Å². The molecule has 4 N–H and O–H groups in total. The van der Waals surface area contributed by atoms with Crippen LogP contribution in [0, 0.1) is 5.82 Å². The highest BCUT2D eigenvalue weighted by Crippen LogP contribution is 2.41. The van der Waals surface area contributed by atoms with E-state index in [9.17, 15) is 22.4 Å². The Morgan fingerprint density at radius 3 is 2.41 bits per heavy atom. The van der Waals surface area contributed by atoms with Crippen LogP contribution in [0.3, 0.4) is 0 Å². The minimum Gasteiger partial charge on any atom is -0.349 e. The Bertz CT molecular complexity index is 1040. The third-order valence-corrected chi connectivity index (χ3v) is 10.00. The van der Waals surface area contributed by atoms with Gasteiger partial charge in [-0.1, -0.05) is 0 Å². The summed E-state index contributed by atoms with van der Waals surface area (Å²) >= 11 is 0. The van der Waals surface area contributed by atoms with Crippen LogP contribution in [0.1, 0.15) is 67.3 Å². The van der Waals surface area contributed by atoms with E-state index >= 15 is 0 Å². The van der Waals surface area contributed by atoms with Gasteiger partial charge in [0.05, 0.1) is 17.2 Å². The Morgan fingerprint density at radius 2 is 1.75 bits per heavy atom. The smallest absolute Gasteiger partial charge is 0.254 e. The predicted molar refractivity (Wildman–Crippen MR) is 117 cm³/mol. The molecule has 0 unspecified atom stereocenters. The van der Waals surface area contributed by atoms with E-state index in [2.05, 4.69) is 10.6 Å². The Balaban J connectivity index is 1.27. The van der Waals surface area contributed by atoms with E-state index in [0.717, 1.165) is 25.7 Å². The molecule has 2 amide bonds. The average molecular weight is 465 g/mol. The van der Waals surface area contributed by atoms with Crippen LogP contribution in [0.5, 0.6) is 0 Å². The molecule has 4 aliphatic rings. The second-order valence-corrected chi connectivity index (χ2v) is 11.8. The van der Waals surface area contributed by atoms with Gasteiger partial charge in [0.25, 0.3) is 5.91 Å². The van der Waals surface area contributed by atoms with E-state index in [1.165, 1.54) is 12.1 Å². The molecule has 3 heterocycles. The monoisotopic (exact) mass is 464 g/mol. The second kappa shape index (κ2) is 8.07. The fraction of sp³-hybridized carbons (Fsp3) is 0.636. The summed E-state index contributed by atoms with van der Waals surface area (Å²) in [6, 6.07) is 2.23. The summed E-state index contributed by atoms with van der Waals surface area (Å²) in [5.41, 5.74) is 6.88. The van der Waals surface area contributed by atoms with Crippen molar-refractivity contribution in [2.75, 3.05) is 5.32 Å². The fourth-order valence-electron chi connectivity index (χ4n) is 5.91. The number of hydrogen-bond acceptors (Lipinski definition) is 5. The summed E-state index contributed by atoms with van der Waals surface area (Å²) in [5.74, 6) is -1.42. The van der Waals surface area contributed by atoms with Gasteiger partial charge in [-0.25, -0.2) is 12.8 Å². The molecule has 2 bridgehead atoms. The zero-order valence-corrected chi connectivity index (χ0v) is 18.7. The number of carbonyl (C=O) groups excluding carboxylic acids is 2. The van der Waals surface area contributed by atoms with E-state index in [0.29, 0.717) is 36.9 Å². The van der Waals surface area contributed by atoms with Crippen LogP contribution in [-0.2, 0) is 21.2 Å². The second-order valence-electron chi connectivity index (χ2n) is 9.65. The van der Waals surface area contributed by atoms with Gasteiger partial charge in [0.15, 0.2) is 0 Å². The van der Waals surface area contributed by atoms with Crippen molar-refractivity contribution in [3.8, 4) is 0 Å². The molecule has 8 nitrogen and oxygen atoms in total.